The van der Waals surface area contributed by atoms with E-state index in [-0.39, 0.29) is 11.3 Å². The summed E-state index contributed by atoms with van der Waals surface area (Å²) in [5, 5.41) is 7.50. The second kappa shape index (κ2) is 4.19. The second-order valence-corrected chi connectivity index (χ2v) is 3.88. The van der Waals surface area contributed by atoms with Gasteiger partial charge in [0, 0.05) is 0 Å². The van der Waals surface area contributed by atoms with Crippen LogP contribution in [0.25, 0.3) is 0 Å². The van der Waals surface area contributed by atoms with Gasteiger partial charge in [0.1, 0.15) is 11.4 Å². The number of hydrogen-bond acceptors (Lipinski definition) is 6. The SMILES string of the molecule is NC(=O)c1cc(Sc2ncn[nH]2)ncc1N. The number of pyridine rings is 1. The van der Waals surface area contributed by atoms with Crippen LogP contribution in [0.1, 0.15) is 10.4 Å². The molecule has 0 spiro atoms. The Balaban J connectivity index is 2.29. The van der Waals surface area contributed by atoms with E-state index in [0.717, 1.165) is 0 Å². The van der Waals surface area contributed by atoms with Gasteiger partial charge < -0.3 is 11.5 Å². The molecule has 0 saturated heterocycles. The van der Waals surface area contributed by atoms with Gasteiger partial charge in [0.15, 0.2) is 5.16 Å². The Hall–Kier alpha value is -2.09. The zero-order valence-corrected chi connectivity index (χ0v) is 8.86. The van der Waals surface area contributed by atoms with Gasteiger partial charge >= 0.3 is 0 Å². The molecule has 0 unspecified atom stereocenters. The standard InChI is InChI=1S/C8H8N6OS/c9-5-2-11-6(1-4(5)7(10)15)16-8-12-3-13-14-8/h1-3H,9H2,(H2,10,15)(H,12,13,14). The maximum absolute atomic E-state index is 11.0. The van der Waals surface area contributed by atoms with E-state index in [1.165, 1.54) is 30.4 Å². The van der Waals surface area contributed by atoms with Gasteiger partial charge in [0.25, 0.3) is 5.91 Å². The molecule has 5 N–H and O–H groups in total. The van der Waals surface area contributed by atoms with Gasteiger partial charge in [-0.05, 0) is 17.8 Å². The van der Waals surface area contributed by atoms with Gasteiger partial charge in [-0.15, -0.1) is 0 Å². The zero-order valence-electron chi connectivity index (χ0n) is 8.04. The normalized spacial score (nSPS) is 10.2. The van der Waals surface area contributed by atoms with E-state index in [1.54, 1.807) is 0 Å². The summed E-state index contributed by atoms with van der Waals surface area (Å²) in [5.74, 6) is -0.584. The van der Waals surface area contributed by atoms with Crippen LogP contribution in [0.5, 0.6) is 0 Å². The molecular formula is C8H8N6OS. The molecule has 0 radical (unpaired) electrons. The lowest BCUT2D eigenvalue weighted by molar-refractivity contribution is 0.100. The van der Waals surface area contributed by atoms with E-state index in [1.807, 2.05) is 0 Å². The molecule has 0 saturated carbocycles. The van der Waals surface area contributed by atoms with Gasteiger partial charge in [0.2, 0.25) is 0 Å². The Labute approximate surface area is 94.7 Å². The van der Waals surface area contributed by atoms with Crippen LogP contribution in [0.4, 0.5) is 5.69 Å². The highest BCUT2D eigenvalue weighted by atomic mass is 32.2. The van der Waals surface area contributed by atoms with Crippen LogP contribution in [0.3, 0.4) is 0 Å². The number of nitrogens with zero attached hydrogens (tertiary/aromatic N) is 3. The Bertz CT molecular complexity index is 511. The van der Waals surface area contributed by atoms with Gasteiger partial charge in [-0.3, -0.25) is 9.89 Å². The predicted molar refractivity (Wildman–Crippen MR) is 57.7 cm³/mol. The number of amides is 1. The third-order valence-electron chi connectivity index (χ3n) is 1.77. The summed E-state index contributed by atoms with van der Waals surface area (Å²) in [5.41, 5.74) is 11.2. The zero-order chi connectivity index (χ0) is 11.5. The van der Waals surface area contributed by atoms with Crippen molar-refractivity contribution in [2.24, 2.45) is 5.73 Å². The quantitative estimate of drug-likeness (QED) is 0.690. The van der Waals surface area contributed by atoms with E-state index in [4.69, 9.17) is 11.5 Å². The first kappa shape index (κ1) is 10.4. The number of aromatic nitrogens is 4. The maximum Gasteiger partial charge on any atom is 0.250 e. The molecule has 2 aromatic rings. The molecule has 2 rings (SSSR count). The van der Waals surface area contributed by atoms with Crippen LogP contribution in [-0.4, -0.2) is 26.1 Å². The first-order valence-corrected chi connectivity index (χ1v) is 5.07. The lowest BCUT2D eigenvalue weighted by Gasteiger charge is -2.02. The third kappa shape index (κ3) is 2.11. The minimum Gasteiger partial charge on any atom is -0.397 e. The van der Waals surface area contributed by atoms with Crippen molar-refractivity contribution >= 4 is 23.4 Å². The molecule has 0 aromatic carbocycles. The first-order valence-electron chi connectivity index (χ1n) is 4.25. The number of nitrogen functional groups attached to an aromatic ring is 1. The van der Waals surface area contributed by atoms with E-state index in [0.29, 0.717) is 10.2 Å². The highest BCUT2D eigenvalue weighted by Crippen LogP contribution is 2.24. The van der Waals surface area contributed by atoms with Crippen LogP contribution in [0.2, 0.25) is 0 Å². The minimum atomic E-state index is -0.584. The average Bonchev–Trinajstić information content (AvgIpc) is 2.73. The van der Waals surface area contributed by atoms with Gasteiger partial charge in [-0.1, -0.05) is 0 Å². The lowest BCUT2D eigenvalue weighted by Crippen LogP contribution is -2.13. The van der Waals surface area contributed by atoms with Crippen molar-refractivity contribution in [3.05, 3.63) is 24.2 Å². The summed E-state index contributed by atoms with van der Waals surface area (Å²) >= 11 is 1.23. The van der Waals surface area contributed by atoms with Crippen LogP contribution in [-0.2, 0) is 0 Å². The first-order chi connectivity index (χ1) is 7.66. The highest BCUT2D eigenvalue weighted by molar-refractivity contribution is 7.99. The van der Waals surface area contributed by atoms with Gasteiger partial charge in [0.05, 0.1) is 17.4 Å². The number of carbonyl (C=O) groups excluding carboxylic acids is 1. The van der Waals surface area contributed by atoms with Crippen LogP contribution in [0, 0.1) is 0 Å². The van der Waals surface area contributed by atoms with Crippen LogP contribution in [0.15, 0.2) is 28.8 Å². The molecule has 0 fully saturated rings. The Morgan fingerprint density at radius 1 is 1.44 bits per heavy atom. The maximum atomic E-state index is 11.0. The second-order valence-electron chi connectivity index (χ2n) is 2.87. The molecule has 0 aliphatic carbocycles. The fourth-order valence-corrected chi connectivity index (χ4v) is 1.74. The van der Waals surface area contributed by atoms with Crippen molar-refractivity contribution in [2.75, 3.05) is 5.73 Å². The summed E-state index contributed by atoms with van der Waals surface area (Å²) < 4.78 is 0. The summed E-state index contributed by atoms with van der Waals surface area (Å²) in [7, 11) is 0. The monoisotopic (exact) mass is 236 g/mol. The summed E-state index contributed by atoms with van der Waals surface area (Å²) in [4.78, 5) is 19.0. The average molecular weight is 236 g/mol. The summed E-state index contributed by atoms with van der Waals surface area (Å²) in [6.07, 6.45) is 2.77. The van der Waals surface area contributed by atoms with Gasteiger partial charge in [-0.25, -0.2) is 9.97 Å². The highest BCUT2D eigenvalue weighted by Gasteiger charge is 2.09. The Morgan fingerprint density at radius 2 is 2.25 bits per heavy atom. The fraction of sp³-hybridized carbons (Fsp3) is 0. The lowest BCUT2D eigenvalue weighted by atomic mass is 10.2. The molecule has 2 heterocycles. The number of H-pyrrole nitrogens is 1. The van der Waals surface area contributed by atoms with E-state index in [2.05, 4.69) is 20.2 Å². The Kier molecular flexibility index (Phi) is 2.73. The van der Waals surface area contributed by atoms with Crippen molar-refractivity contribution in [3.63, 3.8) is 0 Å². The molecule has 7 nitrogen and oxygen atoms in total. The number of anilines is 1. The fourth-order valence-electron chi connectivity index (χ4n) is 1.06. The number of nitrogens with one attached hydrogen (secondary N) is 1. The molecule has 82 valence electrons. The smallest absolute Gasteiger partial charge is 0.250 e. The van der Waals surface area contributed by atoms with Crippen molar-refractivity contribution < 1.29 is 4.79 Å². The number of primary amides is 1. The largest absolute Gasteiger partial charge is 0.397 e. The van der Waals surface area contributed by atoms with Crippen molar-refractivity contribution in [2.45, 2.75) is 10.2 Å². The van der Waals surface area contributed by atoms with E-state index in [9.17, 15) is 4.79 Å². The van der Waals surface area contributed by atoms with Gasteiger partial charge in [-0.2, -0.15) is 5.10 Å². The molecule has 16 heavy (non-hydrogen) atoms. The Morgan fingerprint density at radius 3 is 2.88 bits per heavy atom. The van der Waals surface area contributed by atoms with E-state index >= 15 is 0 Å². The summed E-state index contributed by atoms with van der Waals surface area (Å²) in [6.45, 7) is 0. The van der Waals surface area contributed by atoms with Crippen molar-refractivity contribution in [1.29, 1.82) is 0 Å². The molecule has 0 bridgehead atoms. The number of hydrogen-bond donors (Lipinski definition) is 3. The van der Waals surface area contributed by atoms with E-state index < -0.39 is 5.91 Å². The molecule has 0 atom stereocenters. The molecule has 2 aromatic heterocycles. The topological polar surface area (TPSA) is 124 Å². The predicted octanol–water partition coefficient (Wildman–Crippen LogP) is 0.0320. The number of rotatable bonds is 3. The van der Waals surface area contributed by atoms with Crippen molar-refractivity contribution in [3.8, 4) is 0 Å². The molecular weight excluding hydrogens is 228 g/mol. The van der Waals surface area contributed by atoms with Crippen molar-refractivity contribution in [1.82, 2.24) is 20.2 Å². The molecule has 0 aliphatic heterocycles. The summed E-state index contributed by atoms with van der Waals surface area (Å²) in [6, 6.07) is 1.52. The number of nitrogens with two attached hydrogens (primary N) is 2. The molecule has 8 heteroatoms. The van der Waals surface area contributed by atoms with Crippen LogP contribution >= 0.6 is 11.8 Å². The van der Waals surface area contributed by atoms with Crippen LogP contribution < -0.4 is 11.5 Å². The minimum absolute atomic E-state index is 0.247. The third-order valence-corrected chi connectivity index (χ3v) is 2.59. The molecule has 1 amide bonds. The number of carbonyl (C=O) groups is 1. The molecule has 0 aliphatic rings. The number of aromatic amines is 1.